The summed E-state index contributed by atoms with van der Waals surface area (Å²) in [4.78, 5) is 17.7. The van der Waals surface area contributed by atoms with Crippen LogP contribution in [0, 0.1) is 34.0 Å². The van der Waals surface area contributed by atoms with Gasteiger partial charge in [-0.05, 0) is 26.7 Å². The number of nitriles is 3. The molecule has 132 valence electrons. The molecule has 0 saturated carbocycles. The van der Waals surface area contributed by atoms with Crippen molar-refractivity contribution in [3.05, 3.63) is 17.0 Å². The van der Waals surface area contributed by atoms with Crippen molar-refractivity contribution in [3.63, 3.8) is 0 Å². The molecule has 1 aliphatic heterocycles. The van der Waals surface area contributed by atoms with Crippen LogP contribution in [0.4, 0.5) is 5.82 Å². The van der Waals surface area contributed by atoms with Gasteiger partial charge in [-0.1, -0.05) is 0 Å². The van der Waals surface area contributed by atoms with E-state index in [1.807, 2.05) is 18.2 Å². The van der Waals surface area contributed by atoms with Crippen LogP contribution >= 0.6 is 0 Å². The second-order valence-corrected chi connectivity index (χ2v) is 5.84. The van der Waals surface area contributed by atoms with Crippen molar-refractivity contribution < 1.29 is 9.53 Å². The summed E-state index contributed by atoms with van der Waals surface area (Å²) >= 11 is 0. The number of ketones is 1. The summed E-state index contributed by atoms with van der Waals surface area (Å²) in [5.41, 5.74) is 6.58. The molecule has 3 heterocycles. The third-order valence-electron chi connectivity index (χ3n) is 3.65. The molecule has 0 aromatic carbocycles. The number of nitrogen functional groups attached to an aromatic ring is 1. The molecule has 1 fully saturated rings. The fourth-order valence-corrected chi connectivity index (χ4v) is 2.60. The van der Waals surface area contributed by atoms with Gasteiger partial charge >= 0.3 is 0 Å². The molecule has 0 radical (unpaired) electrons. The first-order valence-corrected chi connectivity index (χ1v) is 7.91. The highest BCUT2D eigenvalue weighted by Gasteiger charge is 2.24. The number of carbonyl (C=O) groups excluding carboxylic acids is 1. The van der Waals surface area contributed by atoms with Crippen molar-refractivity contribution in [2.24, 2.45) is 0 Å². The van der Waals surface area contributed by atoms with E-state index < -0.39 is 0 Å². The summed E-state index contributed by atoms with van der Waals surface area (Å²) in [6.45, 7) is 4.19. The van der Waals surface area contributed by atoms with E-state index >= 15 is 0 Å². The highest BCUT2D eigenvalue weighted by atomic mass is 16.5. The zero-order chi connectivity index (χ0) is 19.3. The average molecular weight is 351 g/mol. The maximum Gasteiger partial charge on any atom is 0.179 e. The molecule has 0 spiro atoms. The molecule has 0 aliphatic carbocycles. The van der Waals surface area contributed by atoms with Crippen molar-refractivity contribution in [1.29, 1.82) is 15.8 Å². The smallest absolute Gasteiger partial charge is 0.179 e. The number of hydrogen-bond donors (Lipinski definition) is 1. The van der Waals surface area contributed by atoms with Crippen molar-refractivity contribution in [2.75, 3.05) is 12.3 Å². The number of fused-ring (bicyclic) bond motifs is 1. The van der Waals surface area contributed by atoms with E-state index in [2.05, 4.69) is 9.97 Å². The number of aromatic nitrogens is 3. The number of ether oxygens (including phenoxy) is 1. The molecule has 1 aliphatic rings. The van der Waals surface area contributed by atoms with Crippen LogP contribution in [0.1, 0.15) is 43.6 Å². The SMILES string of the molecule is CC(C)=O.N#Cc1nc2c(C#N)c(N)n(CC3CCCO3)c2nc1C#N. The van der Waals surface area contributed by atoms with E-state index in [9.17, 15) is 10.1 Å². The molecule has 9 heteroatoms. The van der Waals surface area contributed by atoms with Gasteiger partial charge in [0.05, 0.1) is 12.6 Å². The highest BCUT2D eigenvalue weighted by molar-refractivity contribution is 5.87. The summed E-state index contributed by atoms with van der Waals surface area (Å²) in [7, 11) is 0. The topological polar surface area (TPSA) is 154 Å². The average Bonchev–Trinajstić information content (AvgIpc) is 3.20. The predicted octanol–water partition coefficient (Wildman–Crippen LogP) is 1.40. The second-order valence-electron chi connectivity index (χ2n) is 5.84. The predicted molar refractivity (Wildman–Crippen MR) is 91.4 cm³/mol. The van der Waals surface area contributed by atoms with Gasteiger partial charge in [-0.15, -0.1) is 0 Å². The Balaban J connectivity index is 0.000000552. The van der Waals surface area contributed by atoms with E-state index in [0.717, 1.165) is 12.8 Å². The van der Waals surface area contributed by atoms with E-state index in [0.29, 0.717) is 18.8 Å². The number of rotatable bonds is 2. The zero-order valence-electron chi connectivity index (χ0n) is 14.5. The minimum atomic E-state index is -0.110. The van der Waals surface area contributed by atoms with Gasteiger partial charge < -0.3 is 19.8 Å². The quantitative estimate of drug-likeness (QED) is 0.851. The summed E-state index contributed by atoms with van der Waals surface area (Å²) in [6.07, 6.45) is 1.87. The Labute approximate surface area is 150 Å². The van der Waals surface area contributed by atoms with Crippen molar-refractivity contribution in [1.82, 2.24) is 14.5 Å². The fourth-order valence-electron chi connectivity index (χ4n) is 2.60. The Bertz CT molecular complexity index is 962. The van der Waals surface area contributed by atoms with E-state index in [1.54, 1.807) is 4.57 Å². The van der Waals surface area contributed by atoms with Gasteiger partial charge in [-0.25, -0.2) is 9.97 Å². The van der Waals surface area contributed by atoms with Crippen LogP contribution in [0.5, 0.6) is 0 Å². The van der Waals surface area contributed by atoms with Crippen LogP contribution in [0.15, 0.2) is 0 Å². The maximum absolute atomic E-state index is 9.44. The van der Waals surface area contributed by atoms with Gasteiger partial charge in [0.2, 0.25) is 0 Å². The molecule has 3 rings (SSSR count). The second kappa shape index (κ2) is 8.06. The number of Topliss-reactive ketones (excluding diaryl/α,β-unsaturated/α-hetero) is 1. The van der Waals surface area contributed by atoms with Crippen LogP contribution in [0.2, 0.25) is 0 Å². The monoisotopic (exact) mass is 351 g/mol. The summed E-state index contributed by atoms with van der Waals surface area (Å²) in [6, 6.07) is 5.64. The van der Waals surface area contributed by atoms with Crippen LogP contribution in [0.25, 0.3) is 11.2 Å². The van der Waals surface area contributed by atoms with E-state index in [4.69, 9.17) is 21.0 Å². The standard InChI is InChI=1S/C14H11N7O.C3H6O/c15-4-9-12-14(20-11(6-17)10(5-16)19-12)21(13(9)18)7-8-2-1-3-22-8;1-3(2)4/h8H,1-3,7,18H2;1-2H3. The molecule has 26 heavy (non-hydrogen) atoms. The largest absolute Gasteiger partial charge is 0.384 e. The molecule has 1 atom stereocenters. The van der Waals surface area contributed by atoms with Gasteiger partial charge in [0.15, 0.2) is 17.0 Å². The van der Waals surface area contributed by atoms with Gasteiger partial charge in [-0.2, -0.15) is 15.8 Å². The lowest BCUT2D eigenvalue weighted by molar-refractivity contribution is -0.114. The summed E-state index contributed by atoms with van der Waals surface area (Å²) in [5, 5.41) is 27.4. The molecular weight excluding hydrogens is 334 g/mol. The lowest BCUT2D eigenvalue weighted by Gasteiger charge is -2.12. The zero-order valence-corrected chi connectivity index (χ0v) is 14.5. The molecule has 1 saturated heterocycles. The Morgan fingerprint density at radius 1 is 1.23 bits per heavy atom. The summed E-state index contributed by atoms with van der Waals surface area (Å²) < 4.78 is 7.22. The Morgan fingerprint density at radius 2 is 1.85 bits per heavy atom. The molecule has 1 unspecified atom stereocenters. The number of anilines is 1. The third-order valence-corrected chi connectivity index (χ3v) is 3.65. The van der Waals surface area contributed by atoms with Gasteiger partial charge in [-0.3, -0.25) is 0 Å². The minimum Gasteiger partial charge on any atom is -0.384 e. The normalized spacial score (nSPS) is 15.4. The Kier molecular flexibility index (Phi) is 5.85. The molecule has 2 aromatic heterocycles. The van der Waals surface area contributed by atoms with Gasteiger partial charge in [0.25, 0.3) is 0 Å². The van der Waals surface area contributed by atoms with Crippen molar-refractivity contribution in [2.45, 2.75) is 39.3 Å². The molecule has 2 N–H and O–H groups in total. The van der Waals surface area contributed by atoms with Crippen molar-refractivity contribution in [3.8, 4) is 18.2 Å². The molecule has 2 aromatic rings. The first-order valence-electron chi connectivity index (χ1n) is 7.91. The first-order chi connectivity index (χ1) is 12.4. The molecular formula is C17H17N7O2. The lowest BCUT2D eigenvalue weighted by Crippen LogP contribution is -2.17. The molecule has 9 nitrogen and oxygen atoms in total. The van der Waals surface area contributed by atoms with Crippen LogP contribution in [-0.4, -0.2) is 33.0 Å². The maximum atomic E-state index is 9.44. The minimum absolute atomic E-state index is 0.00702. The summed E-state index contributed by atoms with van der Waals surface area (Å²) in [5.74, 6) is 0.395. The van der Waals surface area contributed by atoms with Gasteiger partial charge in [0.1, 0.15) is 40.9 Å². The highest BCUT2D eigenvalue weighted by Crippen LogP contribution is 2.27. The molecule has 0 bridgehead atoms. The number of hydrogen-bond acceptors (Lipinski definition) is 8. The number of nitrogens with two attached hydrogens (primary N) is 1. The third kappa shape index (κ3) is 3.77. The van der Waals surface area contributed by atoms with Crippen LogP contribution < -0.4 is 5.73 Å². The fraction of sp³-hybridized carbons (Fsp3) is 0.412. The van der Waals surface area contributed by atoms with Crippen molar-refractivity contribution >= 4 is 22.8 Å². The first kappa shape index (κ1) is 18.9. The lowest BCUT2D eigenvalue weighted by atomic mass is 10.2. The number of carbonyl (C=O) groups is 1. The number of nitrogens with zero attached hydrogens (tertiary/aromatic N) is 6. The van der Waals surface area contributed by atoms with Crippen LogP contribution in [0.3, 0.4) is 0 Å². The van der Waals surface area contributed by atoms with E-state index in [1.165, 1.54) is 13.8 Å². The Hall–Kier alpha value is -3.48. The Morgan fingerprint density at radius 3 is 2.35 bits per heavy atom. The van der Waals surface area contributed by atoms with E-state index in [-0.39, 0.29) is 40.2 Å². The van der Waals surface area contributed by atoms with Gasteiger partial charge in [0, 0.05) is 6.61 Å². The molecule has 0 amide bonds. The van der Waals surface area contributed by atoms with Crippen LogP contribution in [-0.2, 0) is 16.1 Å².